The van der Waals surface area contributed by atoms with Crippen LogP contribution in [0.2, 0.25) is 0 Å². The maximum Gasteiger partial charge on any atom is 0.303 e. The van der Waals surface area contributed by atoms with E-state index in [1.54, 1.807) is 0 Å². The molecule has 2 saturated heterocycles. The summed E-state index contributed by atoms with van der Waals surface area (Å²) in [6.07, 6.45) is 4.96. The molecule has 2 fully saturated rings. The summed E-state index contributed by atoms with van der Waals surface area (Å²) in [4.78, 5) is 13.6. The van der Waals surface area contributed by atoms with Crippen molar-refractivity contribution in [3.8, 4) is 0 Å². The van der Waals surface area contributed by atoms with Crippen molar-refractivity contribution < 1.29 is 9.90 Å². The van der Waals surface area contributed by atoms with E-state index in [1.165, 1.54) is 29.5 Å². The summed E-state index contributed by atoms with van der Waals surface area (Å²) >= 11 is 0. The minimum atomic E-state index is -0.637. The molecule has 0 amide bonds. The van der Waals surface area contributed by atoms with Crippen molar-refractivity contribution in [2.75, 3.05) is 0 Å². The normalized spacial score (nSPS) is 28.8. The highest BCUT2D eigenvalue weighted by molar-refractivity contribution is 5.67. The Hall–Kier alpha value is -1.35. The number of fused-ring (bicyclic) bond motifs is 2. The van der Waals surface area contributed by atoms with Crippen LogP contribution in [0.5, 0.6) is 0 Å². The molecule has 3 nitrogen and oxygen atoms in total. The molecular weight excluding hydrogens is 262 g/mol. The molecule has 2 unspecified atom stereocenters. The highest BCUT2D eigenvalue weighted by Gasteiger charge is 2.40. The van der Waals surface area contributed by atoms with Crippen LogP contribution in [0.1, 0.15) is 48.8 Å². The average molecular weight is 287 g/mol. The standard InChI is InChI=1S/C18H25NO2/c1-12-4-3-5-15(13(12)2)11-19-16-6-7-17(19)9-14(8-16)10-18(20)21/h3-5,14,16-17H,6-11H2,1-2H3,(H,20,21). The van der Waals surface area contributed by atoms with Crippen LogP contribution in [0.25, 0.3) is 0 Å². The Labute approximate surface area is 127 Å². The molecule has 2 heterocycles. The molecule has 114 valence electrons. The van der Waals surface area contributed by atoms with E-state index < -0.39 is 5.97 Å². The maximum absolute atomic E-state index is 10.9. The Morgan fingerprint density at radius 1 is 1.24 bits per heavy atom. The lowest BCUT2D eigenvalue weighted by Crippen LogP contribution is -2.42. The third kappa shape index (κ3) is 2.98. The highest BCUT2D eigenvalue weighted by atomic mass is 16.4. The first kappa shape index (κ1) is 14.6. The second kappa shape index (κ2) is 5.80. The summed E-state index contributed by atoms with van der Waals surface area (Å²) in [5, 5.41) is 9.01. The van der Waals surface area contributed by atoms with Crippen LogP contribution in [0, 0.1) is 19.8 Å². The largest absolute Gasteiger partial charge is 0.481 e. The fraction of sp³-hybridized carbons (Fsp3) is 0.611. The summed E-state index contributed by atoms with van der Waals surface area (Å²) in [5.74, 6) is -0.253. The lowest BCUT2D eigenvalue weighted by Gasteiger charge is -2.39. The summed E-state index contributed by atoms with van der Waals surface area (Å²) < 4.78 is 0. The van der Waals surface area contributed by atoms with Crippen LogP contribution >= 0.6 is 0 Å². The second-order valence-electron chi connectivity index (χ2n) is 6.85. The number of carboxylic acids is 1. The fourth-order valence-electron chi connectivity index (χ4n) is 4.24. The number of hydrogen-bond acceptors (Lipinski definition) is 2. The van der Waals surface area contributed by atoms with Gasteiger partial charge in [-0.15, -0.1) is 0 Å². The molecule has 2 atom stereocenters. The third-order valence-corrected chi connectivity index (χ3v) is 5.51. The first-order valence-electron chi connectivity index (χ1n) is 8.07. The van der Waals surface area contributed by atoms with Gasteiger partial charge in [-0.3, -0.25) is 9.69 Å². The molecule has 0 aromatic heterocycles. The van der Waals surface area contributed by atoms with Crippen molar-refractivity contribution in [2.45, 2.75) is 64.6 Å². The molecule has 0 aliphatic carbocycles. The smallest absolute Gasteiger partial charge is 0.303 e. The number of benzene rings is 1. The monoisotopic (exact) mass is 287 g/mol. The van der Waals surface area contributed by atoms with Gasteiger partial charge in [0, 0.05) is 25.0 Å². The SMILES string of the molecule is Cc1cccc(CN2C3CCC2CC(CC(=O)O)C3)c1C. The van der Waals surface area contributed by atoms with Crippen molar-refractivity contribution >= 4 is 5.97 Å². The average Bonchev–Trinajstić information content (AvgIpc) is 2.66. The molecule has 1 aromatic rings. The van der Waals surface area contributed by atoms with Gasteiger partial charge < -0.3 is 5.11 Å². The van der Waals surface area contributed by atoms with Crippen molar-refractivity contribution in [1.82, 2.24) is 4.90 Å². The van der Waals surface area contributed by atoms with Gasteiger partial charge in [-0.2, -0.15) is 0 Å². The Morgan fingerprint density at radius 3 is 2.52 bits per heavy atom. The first-order chi connectivity index (χ1) is 10.0. The van der Waals surface area contributed by atoms with Gasteiger partial charge in [0.15, 0.2) is 0 Å². The van der Waals surface area contributed by atoms with E-state index in [0.717, 1.165) is 19.4 Å². The Kier molecular flexibility index (Phi) is 4.03. The highest BCUT2D eigenvalue weighted by Crippen LogP contribution is 2.41. The number of hydrogen-bond donors (Lipinski definition) is 1. The molecule has 2 aliphatic rings. The van der Waals surface area contributed by atoms with Gasteiger partial charge in [0.1, 0.15) is 0 Å². The van der Waals surface area contributed by atoms with Crippen LogP contribution in [-0.4, -0.2) is 28.1 Å². The summed E-state index contributed by atoms with van der Waals surface area (Å²) in [5.41, 5.74) is 4.20. The van der Waals surface area contributed by atoms with Crippen LogP contribution in [0.4, 0.5) is 0 Å². The molecule has 21 heavy (non-hydrogen) atoms. The molecular formula is C18H25NO2. The summed E-state index contributed by atoms with van der Waals surface area (Å²) in [6, 6.07) is 7.75. The quantitative estimate of drug-likeness (QED) is 0.921. The molecule has 3 heteroatoms. The van der Waals surface area contributed by atoms with Crippen LogP contribution in [0.15, 0.2) is 18.2 Å². The number of aliphatic carboxylic acids is 1. The number of carbonyl (C=O) groups is 1. The lowest BCUT2D eigenvalue weighted by molar-refractivity contribution is -0.138. The zero-order chi connectivity index (χ0) is 15.0. The number of carboxylic acid groups (broad SMARTS) is 1. The Balaban J connectivity index is 1.71. The Morgan fingerprint density at radius 2 is 1.90 bits per heavy atom. The molecule has 0 spiro atoms. The molecule has 2 bridgehead atoms. The molecule has 1 aromatic carbocycles. The number of nitrogens with zero attached hydrogens (tertiary/aromatic N) is 1. The van der Waals surface area contributed by atoms with Crippen molar-refractivity contribution in [1.29, 1.82) is 0 Å². The van der Waals surface area contributed by atoms with Gasteiger partial charge in [-0.1, -0.05) is 18.2 Å². The van der Waals surface area contributed by atoms with Gasteiger partial charge in [0.25, 0.3) is 0 Å². The van der Waals surface area contributed by atoms with Crippen LogP contribution < -0.4 is 0 Å². The van der Waals surface area contributed by atoms with E-state index in [9.17, 15) is 4.79 Å². The van der Waals surface area contributed by atoms with Crippen molar-refractivity contribution in [3.63, 3.8) is 0 Å². The van der Waals surface area contributed by atoms with Gasteiger partial charge in [0.2, 0.25) is 0 Å². The number of rotatable bonds is 4. The van der Waals surface area contributed by atoms with Crippen LogP contribution in [0.3, 0.4) is 0 Å². The van der Waals surface area contributed by atoms with E-state index >= 15 is 0 Å². The maximum atomic E-state index is 10.9. The zero-order valence-corrected chi connectivity index (χ0v) is 13.0. The first-order valence-corrected chi connectivity index (χ1v) is 8.07. The molecule has 3 rings (SSSR count). The zero-order valence-electron chi connectivity index (χ0n) is 13.0. The number of aryl methyl sites for hydroxylation is 1. The minimum absolute atomic E-state index is 0.352. The van der Waals surface area contributed by atoms with E-state index in [-0.39, 0.29) is 0 Å². The van der Waals surface area contributed by atoms with E-state index in [4.69, 9.17) is 5.11 Å². The lowest BCUT2D eigenvalue weighted by atomic mass is 9.87. The van der Waals surface area contributed by atoms with E-state index in [0.29, 0.717) is 24.4 Å². The molecule has 1 N–H and O–H groups in total. The van der Waals surface area contributed by atoms with Gasteiger partial charge >= 0.3 is 5.97 Å². The summed E-state index contributed by atoms with van der Waals surface area (Å²) in [7, 11) is 0. The van der Waals surface area contributed by atoms with E-state index in [2.05, 4.69) is 36.9 Å². The van der Waals surface area contributed by atoms with Crippen LogP contribution in [-0.2, 0) is 11.3 Å². The fourth-order valence-corrected chi connectivity index (χ4v) is 4.24. The molecule has 0 radical (unpaired) electrons. The van der Waals surface area contributed by atoms with Crippen molar-refractivity contribution in [3.05, 3.63) is 34.9 Å². The summed E-state index contributed by atoms with van der Waals surface area (Å²) in [6.45, 7) is 5.42. The predicted molar refractivity (Wildman–Crippen MR) is 83.2 cm³/mol. The van der Waals surface area contributed by atoms with Gasteiger partial charge in [0.05, 0.1) is 0 Å². The molecule has 2 aliphatic heterocycles. The van der Waals surface area contributed by atoms with Gasteiger partial charge in [-0.05, 0) is 62.1 Å². The Bertz CT molecular complexity index is 526. The molecule has 0 saturated carbocycles. The minimum Gasteiger partial charge on any atom is -0.481 e. The number of piperidine rings is 1. The predicted octanol–water partition coefficient (Wildman–Crippen LogP) is 3.52. The van der Waals surface area contributed by atoms with Gasteiger partial charge in [-0.25, -0.2) is 0 Å². The third-order valence-electron chi connectivity index (χ3n) is 5.51. The van der Waals surface area contributed by atoms with Crippen molar-refractivity contribution in [2.24, 2.45) is 5.92 Å². The topological polar surface area (TPSA) is 40.5 Å². The second-order valence-corrected chi connectivity index (χ2v) is 6.85. The van der Waals surface area contributed by atoms with E-state index in [1.807, 2.05) is 0 Å².